The maximum atomic E-state index is 9.98. The van der Waals surface area contributed by atoms with Crippen LogP contribution in [0.1, 0.15) is 32.1 Å². The second-order valence-corrected chi connectivity index (χ2v) is 6.14. The number of benzene rings is 2. The monoisotopic (exact) mass is 347 g/mol. The van der Waals surface area contributed by atoms with Gasteiger partial charge in [-0.2, -0.15) is 0 Å². The van der Waals surface area contributed by atoms with Crippen molar-refractivity contribution in [2.75, 3.05) is 0 Å². The van der Waals surface area contributed by atoms with Crippen LogP contribution in [0.5, 0.6) is 11.5 Å². The van der Waals surface area contributed by atoms with Crippen LogP contribution >= 0.6 is 0 Å². The smallest absolute Gasteiger partial charge is 0.148 e. The van der Waals surface area contributed by atoms with Crippen LogP contribution in [0.3, 0.4) is 0 Å². The summed E-state index contributed by atoms with van der Waals surface area (Å²) >= 11 is 0. The molecule has 0 aliphatic rings. The second kappa shape index (κ2) is 7.31. The molecule has 4 heteroatoms. The molecule has 0 spiro atoms. The van der Waals surface area contributed by atoms with E-state index in [-0.39, 0.29) is 11.5 Å². The topological polar surface area (TPSA) is 66.0 Å². The summed E-state index contributed by atoms with van der Waals surface area (Å²) in [6, 6.07) is 18.1. The van der Waals surface area contributed by atoms with Gasteiger partial charge in [-0.1, -0.05) is 30.3 Å². The van der Waals surface area contributed by atoms with Gasteiger partial charge in [-0.3, -0.25) is 4.99 Å². The second-order valence-electron chi connectivity index (χ2n) is 6.14. The summed E-state index contributed by atoms with van der Waals surface area (Å²) in [5, 5.41) is 19.4. The number of hydrogen-bond donors (Lipinski definition) is 2. The van der Waals surface area contributed by atoms with Gasteiger partial charge in [0.2, 0.25) is 0 Å². The van der Waals surface area contributed by atoms with Crippen molar-refractivity contribution in [3.8, 4) is 22.8 Å². The van der Waals surface area contributed by atoms with E-state index in [4.69, 9.17) is 4.42 Å². The molecule has 0 aliphatic carbocycles. The molecule has 0 fully saturated rings. The van der Waals surface area contributed by atoms with Gasteiger partial charge in [0.15, 0.2) is 0 Å². The van der Waals surface area contributed by atoms with E-state index in [9.17, 15) is 10.2 Å². The molecule has 1 aromatic heterocycles. The van der Waals surface area contributed by atoms with Crippen molar-refractivity contribution in [2.24, 2.45) is 4.99 Å². The largest absolute Gasteiger partial charge is 0.508 e. The molecular formula is C22H21NO3. The Bertz CT molecular complexity index is 982. The first-order chi connectivity index (χ1) is 12.5. The normalized spacial score (nSPS) is 12.8. The number of allylic oxidation sites excluding steroid dienone is 2. The molecule has 3 rings (SSSR count). The van der Waals surface area contributed by atoms with E-state index in [1.165, 1.54) is 12.1 Å². The molecule has 0 atom stereocenters. The average molecular weight is 347 g/mol. The third-order valence-corrected chi connectivity index (χ3v) is 4.29. The van der Waals surface area contributed by atoms with Crippen molar-refractivity contribution in [1.82, 2.24) is 0 Å². The molecule has 1 heterocycles. The summed E-state index contributed by atoms with van der Waals surface area (Å²) in [5.74, 6) is 1.13. The minimum Gasteiger partial charge on any atom is -0.508 e. The molecule has 0 saturated heterocycles. The maximum absolute atomic E-state index is 9.98. The van der Waals surface area contributed by atoms with Crippen LogP contribution in [-0.2, 0) is 0 Å². The lowest BCUT2D eigenvalue weighted by atomic mass is 10.1. The molecule has 26 heavy (non-hydrogen) atoms. The molecule has 0 radical (unpaired) electrons. The highest BCUT2D eigenvalue weighted by molar-refractivity contribution is 5.97. The molecule has 0 unspecified atom stereocenters. The van der Waals surface area contributed by atoms with Crippen molar-refractivity contribution >= 4 is 11.3 Å². The fraction of sp³-hybridized carbons (Fsp3) is 0.136. The predicted molar refractivity (Wildman–Crippen MR) is 104 cm³/mol. The van der Waals surface area contributed by atoms with Gasteiger partial charge in [-0.15, -0.1) is 0 Å². The Morgan fingerprint density at radius 1 is 0.885 bits per heavy atom. The number of phenols is 2. The highest BCUT2D eigenvalue weighted by Gasteiger charge is 2.12. The van der Waals surface area contributed by atoms with Gasteiger partial charge in [-0.25, -0.2) is 0 Å². The van der Waals surface area contributed by atoms with E-state index >= 15 is 0 Å². The summed E-state index contributed by atoms with van der Waals surface area (Å²) < 4.78 is 5.84. The molecule has 0 bridgehead atoms. The zero-order chi connectivity index (χ0) is 18.7. The van der Waals surface area contributed by atoms with Crippen LogP contribution in [0, 0.1) is 0 Å². The first kappa shape index (κ1) is 17.5. The third kappa shape index (κ3) is 3.70. The molecule has 2 N–H and O–H groups in total. The van der Waals surface area contributed by atoms with Gasteiger partial charge < -0.3 is 14.6 Å². The van der Waals surface area contributed by atoms with Gasteiger partial charge in [0.25, 0.3) is 0 Å². The number of furan rings is 1. The Labute approximate surface area is 152 Å². The van der Waals surface area contributed by atoms with Crippen molar-refractivity contribution in [3.05, 3.63) is 77.7 Å². The molecule has 0 saturated carbocycles. The summed E-state index contributed by atoms with van der Waals surface area (Å²) in [4.78, 5) is 4.67. The van der Waals surface area contributed by atoms with Crippen LogP contribution in [0.15, 0.2) is 75.8 Å². The minimum absolute atomic E-state index is 0.00734. The van der Waals surface area contributed by atoms with Crippen molar-refractivity contribution < 1.29 is 14.6 Å². The highest BCUT2D eigenvalue weighted by atomic mass is 16.3. The van der Waals surface area contributed by atoms with Crippen molar-refractivity contribution in [1.29, 1.82) is 0 Å². The third-order valence-electron chi connectivity index (χ3n) is 4.29. The van der Waals surface area contributed by atoms with Crippen molar-refractivity contribution in [3.63, 3.8) is 0 Å². The van der Waals surface area contributed by atoms with Crippen LogP contribution in [0.2, 0.25) is 0 Å². The number of aromatic hydroxyl groups is 2. The van der Waals surface area contributed by atoms with Gasteiger partial charge >= 0.3 is 0 Å². The van der Waals surface area contributed by atoms with E-state index in [0.29, 0.717) is 17.1 Å². The van der Waals surface area contributed by atoms with Crippen LogP contribution < -0.4 is 0 Å². The number of phenolic OH excluding ortho intramolecular Hbond substituents is 2. The quantitative estimate of drug-likeness (QED) is 0.602. The number of aliphatic imine (C=N–C) groups is 1. The van der Waals surface area contributed by atoms with E-state index in [0.717, 1.165) is 22.5 Å². The summed E-state index contributed by atoms with van der Waals surface area (Å²) in [5.41, 5.74) is 4.43. The summed E-state index contributed by atoms with van der Waals surface area (Å²) in [6.45, 7) is 5.91. The molecule has 3 aromatic rings. The zero-order valence-electron chi connectivity index (χ0n) is 15.0. The van der Waals surface area contributed by atoms with E-state index in [2.05, 4.69) is 17.1 Å². The highest BCUT2D eigenvalue weighted by Crippen LogP contribution is 2.33. The van der Waals surface area contributed by atoms with E-state index < -0.39 is 0 Å². The van der Waals surface area contributed by atoms with Crippen LogP contribution in [-0.4, -0.2) is 15.9 Å². The Morgan fingerprint density at radius 3 is 2.31 bits per heavy atom. The number of rotatable bonds is 4. The Morgan fingerprint density at radius 2 is 1.62 bits per heavy atom. The molecule has 132 valence electrons. The fourth-order valence-corrected chi connectivity index (χ4v) is 2.69. The Hall–Kier alpha value is -3.27. The lowest BCUT2D eigenvalue weighted by Crippen LogP contribution is -1.93. The van der Waals surface area contributed by atoms with Crippen molar-refractivity contribution in [2.45, 2.75) is 20.8 Å². The summed E-state index contributed by atoms with van der Waals surface area (Å²) in [6.07, 6.45) is 0. The average Bonchev–Trinajstić information content (AvgIpc) is 3.11. The molecular weight excluding hydrogens is 326 g/mol. The molecule has 0 aliphatic heterocycles. The first-order valence-electron chi connectivity index (χ1n) is 8.36. The van der Waals surface area contributed by atoms with E-state index in [1.54, 1.807) is 12.1 Å². The fourth-order valence-electron chi connectivity index (χ4n) is 2.69. The predicted octanol–water partition coefficient (Wildman–Crippen LogP) is 5.62. The SMILES string of the molecule is C/C(=N\C(C)=C(/C)c1ccccc1)c1ccc(-c2ccc(O)cc2O)o1. The maximum Gasteiger partial charge on any atom is 0.148 e. The van der Waals surface area contributed by atoms with Gasteiger partial charge in [-0.05, 0) is 56.2 Å². The lowest BCUT2D eigenvalue weighted by molar-refractivity contribution is 0.450. The van der Waals surface area contributed by atoms with E-state index in [1.807, 2.05) is 45.0 Å². The lowest BCUT2D eigenvalue weighted by Gasteiger charge is -2.05. The first-order valence-corrected chi connectivity index (χ1v) is 8.36. The Kier molecular flexibility index (Phi) is 4.94. The van der Waals surface area contributed by atoms with Gasteiger partial charge in [0.1, 0.15) is 23.0 Å². The molecule has 0 amide bonds. The molecule has 4 nitrogen and oxygen atoms in total. The standard InChI is InChI=1S/C22H21NO3/c1-14(17-7-5-4-6-8-17)15(2)23-16(3)21-11-12-22(26-21)19-10-9-18(24)13-20(19)25/h4-13,24-25H,1-3H3/b15-14+,23-16+. The summed E-state index contributed by atoms with van der Waals surface area (Å²) in [7, 11) is 0. The zero-order valence-corrected chi connectivity index (χ0v) is 15.0. The van der Waals surface area contributed by atoms with Crippen LogP contribution in [0.25, 0.3) is 16.9 Å². The van der Waals surface area contributed by atoms with Gasteiger partial charge in [0.05, 0.1) is 11.3 Å². The van der Waals surface area contributed by atoms with Gasteiger partial charge in [0, 0.05) is 11.8 Å². The van der Waals surface area contributed by atoms with Crippen LogP contribution in [0.4, 0.5) is 0 Å². The molecule has 2 aromatic carbocycles. The number of hydrogen-bond acceptors (Lipinski definition) is 4. The number of nitrogens with zero attached hydrogens (tertiary/aromatic N) is 1. The Balaban J connectivity index is 1.90. The minimum atomic E-state index is -0.0310.